The molecule has 1 fully saturated rings. The Morgan fingerprint density at radius 2 is 1.89 bits per heavy atom. The molecule has 1 heterocycles. The molecule has 1 aliphatic heterocycles. The van der Waals surface area contributed by atoms with Crippen molar-refractivity contribution in [3.05, 3.63) is 61.2 Å². The molecule has 37 heavy (non-hydrogen) atoms. The molecule has 0 bridgehead atoms. The van der Waals surface area contributed by atoms with Gasteiger partial charge >= 0.3 is 5.97 Å². The van der Waals surface area contributed by atoms with Crippen LogP contribution in [0.5, 0.6) is 0 Å². The average Bonchev–Trinajstić information content (AvgIpc) is 3.38. The van der Waals surface area contributed by atoms with Gasteiger partial charge in [0.15, 0.2) is 0 Å². The molecule has 7 nitrogen and oxygen atoms in total. The Bertz CT molecular complexity index is 885. The van der Waals surface area contributed by atoms with E-state index in [4.69, 9.17) is 4.74 Å². The molecule has 1 aromatic carbocycles. The summed E-state index contributed by atoms with van der Waals surface area (Å²) in [6.07, 6.45) is 7.43. The second kappa shape index (κ2) is 16.0. The molecule has 1 saturated heterocycles. The van der Waals surface area contributed by atoms with E-state index in [0.29, 0.717) is 32.2 Å². The van der Waals surface area contributed by atoms with Crippen molar-refractivity contribution in [2.45, 2.75) is 70.9 Å². The third-order valence-electron chi connectivity index (χ3n) is 7.07. The number of likely N-dealkylation sites (tertiary alicyclic amines) is 1. The fraction of sp³-hybridized carbons (Fsp3) is 0.567. The number of nitrogens with zero attached hydrogens (tertiary/aromatic N) is 1. The fourth-order valence-electron chi connectivity index (χ4n) is 4.68. The summed E-state index contributed by atoms with van der Waals surface area (Å²) >= 11 is 0. The predicted molar refractivity (Wildman–Crippen MR) is 146 cm³/mol. The zero-order valence-electron chi connectivity index (χ0n) is 22.4. The Labute approximate surface area is 222 Å². The van der Waals surface area contributed by atoms with Gasteiger partial charge in [-0.3, -0.25) is 14.4 Å². The molecule has 0 unspecified atom stereocenters. The summed E-state index contributed by atoms with van der Waals surface area (Å²) in [5, 5.41) is 12.6. The van der Waals surface area contributed by atoms with Gasteiger partial charge in [-0.25, -0.2) is 0 Å². The van der Waals surface area contributed by atoms with E-state index in [-0.39, 0.29) is 61.3 Å². The highest BCUT2D eigenvalue weighted by atomic mass is 16.5. The van der Waals surface area contributed by atoms with E-state index < -0.39 is 5.92 Å². The highest BCUT2D eigenvalue weighted by Crippen LogP contribution is 2.22. The van der Waals surface area contributed by atoms with Gasteiger partial charge in [-0.05, 0) is 50.0 Å². The predicted octanol–water partition coefficient (Wildman–Crippen LogP) is 4.06. The number of aliphatic hydroxyl groups excluding tert-OH is 1. The van der Waals surface area contributed by atoms with E-state index in [1.54, 1.807) is 17.1 Å². The summed E-state index contributed by atoms with van der Waals surface area (Å²) < 4.78 is 5.72. The maximum absolute atomic E-state index is 13.2. The Morgan fingerprint density at radius 1 is 1.16 bits per heavy atom. The van der Waals surface area contributed by atoms with Gasteiger partial charge in [0.05, 0.1) is 30.5 Å². The van der Waals surface area contributed by atoms with Crippen molar-refractivity contribution in [3.63, 3.8) is 0 Å². The van der Waals surface area contributed by atoms with Crippen LogP contribution in [-0.2, 0) is 25.5 Å². The second-order valence-corrected chi connectivity index (χ2v) is 10.2. The van der Waals surface area contributed by atoms with Crippen LogP contribution in [0.25, 0.3) is 0 Å². The van der Waals surface area contributed by atoms with Gasteiger partial charge in [0.1, 0.15) is 6.61 Å². The molecule has 2 rings (SSSR count). The number of carbonyl (C=O) groups excluding carboxylic acids is 3. The van der Waals surface area contributed by atoms with Crippen LogP contribution in [0, 0.1) is 17.8 Å². The van der Waals surface area contributed by atoms with E-state index in [1.165, 1.54) is 0 Å². The lowest BCUT2D eigenvalue weighted by atomic mass is 9.94. The Balaban J connectivity index is 1.99. The first-order valence-corrected chi connectivity index (χ1v) is 13.4. The van der Waals surface area contributed by atoms with E-state index in [2.05, 4.69) is 18.5 Å². The van der Waals surface area contributed by atoms with Crippen LogP contribution in [0.4, 0.5) is 0 Å². The van der Waals surface area contributed by atoms with Crippen LogP contribution in [-0.4, -0.2) is 59.6 Å². The standard InChI is InChI=1S/C30H44N2O5/c1-5-7-15-25(18-23-13-9-8-10-14-23)30(36)37-21-27(22(3)4)31-29(35)24(12-6-2)19-28(34)32-17-11-16-26(32)20-33/h5-6,8-10,13-14,22,24-27,33H,1-2,7,11-12,15-21H2,3-4H3,(H,31,35)/t24-,25+,26-,27+/m0/s1. The third-order valence-corrected chi connectivity index (χ3v) is 7.07. The summed E-state index contributed by atoms with van der Waals surface area (Å²) in [4.78, 5) is 40.7. The molecule has 1 aliphatic rings. The van der Waals surface area contributed by atoms with Gasteiger partial charge in [-0.1, -0.05) is 56.3 Å². The van der Waals surface area contributed by atoms with Crippen molar-refractivity contribution in [2.75, 3.05) is 19.8 Å². The summed E-state index contributed by atoms with van der Waals surface area (Å²) in [5.74, 6) is -1.51. The molecule has 7 heteroatoms. The SMILES string of the molecule is C=CCC[C@H](Cc1ccccc1)C(=O)OC[C@@H](NC(=O)[C@@H](CC=C)CC(=O)N1CCC[C@H]1CO)C(C)C. The molecule has 0 saturated carbocycles. The molecular formula is C30H44N2O5. The number of benzene rings is 1. The van der Waals surface area contributed by atoms with E-state index in [0.717, 1.165) is 18.4 Å². The molecule has 0 spiro atoms. The van der Waals surface area contributed by atoms with Crippen LogP contribution in [0.2, 0.25) is 0 Å². The first kappa shape index (κ1) is 30.3. The number of allylic oxidation sites excluding steroid dienone is 2. The maximum atomic E-state index is 13.2. The maximum Gasteiger partial charge on any atom is 0.309 e. The lowest BCUT2D eigenvalue weighted by molar-refractivity contribution is -0.150. The molecule has 2 N–H and O–H groups in total. The van der Waals surface area contributed by atoms with Crippen molar-refractivity contribution < 1.29 is 24.2 Å². The highest BCUT2D eigenvalue weighted by molar-refractivity contribution is 5.86. The second-order valence-electron chi connectivity index (χ2n) is 10.2. The molecule has 0 radical (unpaired) electrons. The highest BCUT2D eigenvalue weighted by Gasteiger charge is 2.32. The zero-order valence-corrected chi connectivity index (χ0v) is 22.4. The smallest absolute Gasteiger partial charge is 0.309 e. The molecule has 4 atom stereocenters. The summed E-state index contributed by atoms with van der Waals surface area (Å²) in [6, 6.07) is 9.29. The Morgan fingerprint density at radius 3 is 2.51 bits per heavy atom. The normalized spacial score (nSPS) is 17.6. The van der Waals surface area contributed by atoms with E-state index >= 15 is 0 Å². The molecule has 0 aromatic heterocycles. The van der Waals surface area contributed by atoms with E-state index in [1.807, 2.05) is 44.2 Å². The zero-order chi connectivity index (χ0) is 27.2. The van der Waals surface area contributed by atoms with Gasteiger partial charge in [0, 0.05) is 13.0 Å². The van der Waals surface area contributed by atoms with Crippen molar-refractivity contribution >= 4 is 17.8 Å². The lowest BCUT2D eigenvalue weighted by Crippen LogP contribution is -2.46. The van der Waals surface area contributed by atoms with Crippen LogP contribution in [0.3, 0.4) is 0 Å². The summed E-state index contributed by atoms with van der Waals surface area (Å²) in [7, 11) is 0. The van der Waals surface area contributed by atoms with Gasteiger partial charge in [0.2, 0.25) is 11.8 Å². The molecule has 0 aliphatic carbocycles. The number of rotatable bonds is 16. The fourth-order valence-corrected chi connectivity index (χ4v) is 4.68. The minimum absolute atomic E-state index is 0.0231. The first-order chi connectivity index (χ1) is 17.8. The monoisotopic (exact) mass is 512 g/mol. The Hall–Kier alpha value is -2.93. The number of ether oxygens (including phenoxy) is 1. The number of hydrogen-bond acceptors (Lipinski definition) is 5. The molecule has 1 aromatic rings. The minimum Gasteiger partial charge on any atom is -0.463 e. The van der Waals surface area contributed by atoms with Crippen LogP contribution in [0.15, 0.2) is 55.6 Å². The lowest BCUT2D eigenvalue weighted by Gasteiger charge is -2.28. The third kappa shape index (κ3) is 9.80. The van der Waals surface area contributed by atoms with Gasteiger partial charge < -0.3 is 20.1 Å². The summed E-state index contributed by atoms with van der Waals surface area (Å²) in [5.41, 5.74) is 1.07. The van der Waals surface area contributed by atoms with Gasteiger partial charge in [-0.2, -0.15) is 0 Å². The molecule has 204 valence electrons. The van der Waals surface area contributed by atoms with Crippen molar-refractivity contribution in [1.82, 2.24) is 10.2 Å². The van der Waals surface area contributed by atoms with Crippen molar-refractivity contribution in [2.24, 2.45) is 17.8 Å². The van der Waals surface area contributed by atoms with Crippen LogP contribution >= 0.6 is 0 Å². The van der Waals surface area contributed by atoms with Gasteiger partial charge in [-0.15, -0.1) is 13.2 Å². The van der Waals surface area contributed by atoms with Gasteiger partial charge in [0.25, 0.3) is 0 Å². The number of hydrogen-bond donors (Lipinski definition) is 2. The number of amides is 2. The van der Waals surface area contributed by atoms with E-state index in [9.17, 15) is 19.5 Å². The minimum atomic E-state index is -0.569. The average molecular weight is 513 g/mol. The number of aliphatic hydroxyl groups is 1. The molecular weight excluding hydrogens is 468 g/mol. The molecule has 2 amide bonds. The van der Waals surface area contributed by atoms with Crippen molar-refractivity contribution in [1.29, 1.82) is 0 Å². The first-order valence-electron chi connectivity index (χ1n) is 13.4. The van der Waals surface area contributed by atoms with Crippen molar-refractivity contribution in [3.8, 4) is 0 Å². The number of carbonyl (C=O) groups is 3. The largest absolute Gasteiger partial charge is 0.463 e. The van der Waals surface area contributed by atoms with Crippen LogP contribution in [0.1, 0.15) is 57.9 Å². The van der Waals surface area contributed by atoms with Crippen LogP contribution < -0.4 is 5.32 Å². The number of nitrogens with one attached hydrogen (secondary N) is 1. The topological polar surface area (TPSA) is 95.9 Å². The summed E-state index contributed by atoms with van der Waals surface area (Å²) in [6.45, 7) is 12.0. The Kier molecular flexibility index (Phi) is 13.1. The quantitative estimate of drug-likeness (QED) is 0.257. The number of esters is 1.